The highest BCUT2D eigenvalue weighted by molar-refractivity contribution is 5.94. The van der Waals surface area contributed by atoms with Crippen LogP contribution in [0.5, 0.6) is 5.75 Å². The van der Waals surface area contributed by atoms with Gasteiger partial charge in [-0.15, -0.1) is 0 Å². The Morgan fingerprint density at radius 3 is 2.23 bits per heavy atom. The van der Waals surface area contributed by atoms with Crippen LogP contribution in [0.4, 0.5) is 0 Å². The van der Waals surface area contributed by atoms with Crippen molar-refractivity contribution in [2.24, 2.45) is 0 Å². The first kappa shape index (κ1) is 22.9. The van der Waals surface area contributed by atoms with E-state index in [1.165, 1.54) is 5.56 Å². The van der Waals surface area contributed by atoms with Crippen molar-refractivity contribution in [3.8, 4) is 5.75 Å². The Morgan fingerprint density at radius 1 is 1.00 bits per heavy atom. The zero-order valence-electron chi connectivity index (χ0n) is 19.3. The van der Waals surface area contributed by atoms with Gasteiger partial charge in [-0.05, 0) is 55.9 Å². The van der Waals surface area contributed by atoms with Gasteiger partial charge in [-0.3, -0.25) is 9.59 Å². The van der Waals surface area contributed by atoms with Gasteiger partial charge in [0.25, 0.3) is 11.8 Å². The summed E-state index contributed by atoms with van der Waals surface area (Å²) < 4.78 is 5.87. The third-order valence-corrected chi connectivity index (χ3v) is 5.75. The molecule has 0 spiro atoms. The van der Waals surface area contributed by atoms with Crippen LogP contribution in [0, 0.1) is 13.8 Å². The van der Waals surface area contributed by atoms with Gasteiger partial charge in [0.15, 0.2) is 6.61 Å². The van der Waals surface area contributed by atoms with Crippen molar-refractivity contribution in [1.29, 1.82) is 0 Å². The molecular formula is C26H34N2O3. The van der Waals surface area contributed by atoms with Crippen molar-refractivity contribution in [2.45, 2.75) is 58.9 Å². The Bertz CT molecular complexity index is 921. The van der Waals surface area contributed by atoms with Crippen LogP contribution in [-0.2, 0) is 10.2 Å². The molecule has 31 heavy (non-hydrogen) atoms. The van der Waals surface area contributed by atoms with Gasteiger partial charge in [-0.1, -0.05) is 56.2 Å². The van der Waals surface area contributed by atoms with Crippen LogP contribution >= 0.6 is 0 Å². The largest absolute Gasteiger partial charge is 0.483 e. The molecule has 5 nitrogen and oxygen atoms in total. The maximum Gasteiger partial charge on any atom is 0.258 e. The minimum Gasteiger partial charge on any atom is -0.483 e. The molecule has 0 saturated carbocycles. The first-order chi connectivity index (χ1) is 14.6. The standard InChI is InChI=1S/C26H34N2O3/c1-18-6-9-20(10-7-18)25(30)28-14-12-21(13-15-28)27-24(29)17-31-23-11-8-19(2)16-22(23)26(3,4)5/h6-11,16,21H,12-15,17H2,1-5H3,(H,27,29). The molecule has 2 aromatic carbocycles. The highest BCUT2D eigenvalue weighted by Crippen LogP contribution is 2.32. The third-order valence-electron chi connectivity index (χ3n) is 5.75. The predicted molar refractivity (Wildman–Crippen MR) is 124 cm³/mol. The summed E-state index contributed by atoms with van der Waals surface area (Å²) in [6, 6.07) is 13.8. The number of carbonyl (C=O) groups is 2. The number of benzene rings is 2. The number of nitrogens with zero attached hydrogens (tertiary/aromatic N) is 1. The van der Waals surface area contributed by atoms with Crippen molar-refractivity contribution < 1.29 is 14.3 Å². The molecule has 1 aliphatic rings. The molecule has 0 atom stereocenters. The monoisotopic (exact) mass is 422 g/mol. The minimum atomic E-state index is -0.122. The van der Waals surface area contributed by atoms with Crippen molar-refractivity contribution >= 4 is 11.8 Å². The average Bonchev–Trinajstić information content (AvgIpc) is 2.73. The Hall–Kier alpha value is -2.82. The van der Waals surface area contributed by atoms with Crippen LogP contribution in [0.2, 0.25) is 0 Å². The second-order valence-electron chi connectivity index (χ2n) is 9.54. The maximum absolute atomic E-state index is 12.7. The summed E-state index contributed by atoms with van der Waals surface area (Å²) in [5.74, 6) is 0.692. The first-order valence-corrected chi connectivity index (χ1v) is 11.0. The summed E-state index contributed by atoms with van der Waals surface area (Å²) >= 11 is 0. The summed E-state index contributed by atoms with van der Waals surface area (Å²) in [6.45, 7) is 11.8. The number of nitrogens with one attached hydrogen (secondary N) is 1. The minimum absolute atomic E-state index is 0.00531. The van der Waals surface area contributed by atoms with Crippen LogP contribution in [0.1, 0.15) is 60.7 Å². The number of rotatable bonds is 5. The molecule has 0 radical (unpaired) electrons. The van der Waals surface area contributed by atoms with E-state index < -0.39 is 0 Å². The van der Waals surface area contributed by atoms with Gasteiger partial charge in [-0.25, -0.2) is 0 Å². The molecule has 1 aliphatic heterocycles. The Morgan fingerprint density at radius 2 is 1.61 bits per heavy atom. The van der Waals surface area contributed by atoms with E-state index in [0.717, 1.165) is 29.7 Å². The Labute approximate surface area is 185 Å². The fourth-order valence-electron chi connectivity index (χ4n) is 3.87. The quantitative estimate of drug-likeness (QED) is 0.777. The Kier molecular flexibility index (Phi) is 7.04. The molecule has 0 aromatic heterocycles. The van der Waals surface area contributed by atoms with E-state index in [9.17, 15) is 9.59 Å². The van der Waals surface area contributed by atoms with Gasteiger partial charge in [-0.2, -0.15) is 0 Å². The molecule has 1 saturated heterocycles. The predicted octanol–water partition coefficient (Wildman–Crippen LogP) is 4.40. The lowest BCUT2D eigenvalue weighted by atomic mass is 9.85. The van der Waals surface area contributed by atoms with E-state index in [1.54, 1.807) is 0 Å². The molecule has 0 unspecified atom stereocenters. The molecule has 5 heteroatoms. The van der Waals surface area contributed by atoms with Crippen LogP contribution in [0.25, 0.3) is 0 Å². The van der Waals surface area contributed by atoms with E-state index >= 15 is 0 Å². The lowest BCUT2D eigenvalue weighted by Crippen LogP contribution is -2.47. The summed E-state index contributed by atoms with van der Waals surface area (Å²) in [4.78, 5) is 27.0. The van der Waals surface area contributed by atoms with Crippen LogP contribution in [0.15, 0.2) is 42.5 Å². The summed E-state index contributed by atoms with van der Waals surface area (Å²) in [5.41, 5.74) is 4.07. The molecule has 2 amide bonds. The lowest BCUT2D eigenvalue weighted by molar-refractivity contribution is -0.124. The number of aryl methyl sites for hydroxylation is 2. The van der Waals surface area contributed by atoms with Crippen molar-refractivity contribution in [3.63, 3.8) is 0 Å². The molecule has 2 aromatic rings. The second kappa shape index (κ2) is 9.54. The molecule has 1 fully saturated rings. The Balaban J connectivity index is 1.49. The fourth-order valence-corrected chi connectivity index (χ4v) is 3.87. The first-order valence-electron chi connectivity index (χ1n) is 11.0. The van der Waals surface area contributed by atoms with E-state index in [4.69, 9.17) is 4.74 Å². The van der Waals surface area contributed by atoms with Gasteiger partial charge < -0.3 is 15.0 Å². The zero-order chi connectivity index (χ0) is 22.6. The number of likely N-dealkylation sites (tertiary alicyclic amines) is 1. The number of ether oxygens (including phenoxy) is 1. The van der Waals surface area contributed by atoms with Crippen molar-refractivity contribution in [2.75, 3.05) is 19.7 Å². The fraction of sp³-hybridized carbons (Fsp3) is 0.462. The van der Waals surface area contributed by atoms with Crippen molar-refractivity contribution in [3.05, 3.63) is 64.7 Å². The molecule has 1 N–H and O–H groups in total. The number of hydrogen-bond donors (Lipinski definition) is 1. The summed E-state index contributed by atoms with van der Waals surface area (Å²) in [7, 11) is 0. The number of carbonyl (C=O) groups excluding carboxylic acids is 2. The normalized spacial score (nSPS) is 14.9. The van der Waals surface area contributed by atoms with E-state index in [-0.39, 0.29) is 29.9 Å². The van der Waals surface area contributed by atoms with Gasteiger partial charge >= 0.3 is 0 Å². The van der Waals surface area contributed by atoms with Crippen LogP contribution in [-0.4, -0.2) is 42.5 Å². The zero-order valence-corrected chi connectivity index (χ0v) is 19.3. The van der Waals surface area contributed by atoms with Crippen LogP contribution < -0.4 is 10.1 Å². The molecule has 1 heterocycles. The SMILES string of the molecule is Cc1ccc(C(=O)N2CCC(NC(=O)COc3ccc(C)cc3C(C)(C)C)CC2)cc1. The maximum atomic E-state index is 12.7. The number of amides is 2. The van der Waals surface area contributed by atoms with Crippen LogP contribution in [0.3, 0.4) is 0 Å². The molecule has 0 bridgehead atoms. The molecule has 0 aliphatic carbocycles. The molecule has 166 valence electrons. The number of hydrogen-bond acceptors (Lipinski definition) is 3. The highest BCUT2D eigenvalue weighted by Gasteiger charge is 2.25. The topological polar surface area (TPSA) is 58.6 Å². The highest BCUT2D eigenvalue weighted by atomic mass is 16.5. The van der Waals surface area contributed by atoms with Gasteiger partial charge in [0.2, 0.25) is 0 Å². The lowest BCUT2D eigenvalue weighted by Gasteiger charge is -2.32. The number of piperidine rings is 1. The van der Waals surface area contributed by atoms with E-state index in [2.05, 4.69) is 39.1 Å². The third kappa shape index (κ3) is 6.09. The van der Waals surface area contributed by atoms with Crippen molar-refractivity contribution in [1.82, 2.24) is 10.2 Å². The smallest absolute Gasteiger partial charge is 0.258 e. The summed E-state index contributed by atoms with van der Waals surface area (Å²) in [5, 5.41) is 3.06. The average molecular weight is 423 g/mol. The summed E-state index contributed by atoms with van der Waals surface area (Å²) in [6.07, 6.45) is 1.50. The van der Waals surface area contributed by atoms with Gasteiger partial charge in [0.1, 0.15) is 5.75 Å². The second-order valence-corrected chi connectivity index (χ2v) is 9.54. The molecular weight excluding hydrogens is 388 g/mol. The molecule has 3 rings (SSSR count). The van der Waals surface area contributed by atoms with Gasteiger partial charge in [0, 0.05) is 24.7 Å². The van der Waals surface area contributed by atoms with Gasteiger partial charge in [0.05, 0.1) is 0 Å². The van der Waals surface area contributed by atoms with E-state index in [0.29, 0.717) is 18.7 Å². The van der Waals surface area contributed by atoms with E-state index in [1.807, 2.05) is 48.2 Å².